The van der Waals surface area contributed by atoms with Crippen LogP contribution in [0, 0.1) is 6.92 Å². The van der Waals surface area contributed by atoms with E-state index < -0.39 is 0 Å². The second-order valence-electron chi connectivity index (χ2n) is 9.83. The van der Waals surface area contributed by atoms with Crippen LogP contribution in [-0.2, 0) is 6.42 Å². The molecule has 0 spiro atoms. The maximum absolute atomic E-state index is 13.0. The Labute approximate surface area is 217 Å². The Morgan fingerprint density at radius 3 is 2.46 bits per heavy atom. The van der Waals surface area contributed by atoms with Crippen molar-refractivity contribution in [1.29, 1.82) is 0 Å². The second kappa shape index (κ2) is 11.0. The highest BCUT2D eigenvalue weighted by atomic mass is 16.5. The molecule has 2 saturated heterocycles. The average Bonchev–Trinajstić information content (AvgIpc) is 3.19. The van der Waals surface area contributed by atoms with Gasteiger partial charge in [0.05, 0.1) is 12.7 Å². The monoisotopic (exact) mass is 499 g/mol. The summed E-state index contributed by atoms with van der Waals surface area (Å²) in [6, 6.07) is 14.0. The van der Waals surface area contributed by atoms with Crippen molar-refractivity contribution in [3.05, 3.63) is 83.3 Å². The molecule has 3 aromatic rings. The summed E-state index contributed by atoms with van der Waals surface area (Å²) < 4.78 is 5.37. The van der Waals surface area contributed by atoms with Crippen LogP contribution in [0.2, 0.25) is 0 Å². The molecule has 37 heavy (non-hydrogen) atoms. The van der Waals surface area contributed by atoms with Gasteiger partial charge in [-0.2, -0.15) is 0 Å². The van der Waals surface area contributed by atoms with Crippen LogP contribution < -0.4 is 20.3 Å². The van der Waals surface area contributed by atoms with Crippen molar-refractivity contribution < 1.29 is 14.3 Å². The van der Waals surface area contributed by atoms with E-state index in [4.69, 9.17) is 4.74 Å². The molecule has 0 aliphatic carbocycles. The van der Waals surface area contributed by atoms with E-state index in [0.717, 1.165) is 54.8 Å². The summed E-state index contributed by atoms with van der Waals surface area (Å²) >= 11 is 0. The summed E-state index contributed by atoms with van der Waals surface area (Å²) in [6.07, 6.45) is 9.84. The number of amides is 2. The summed E-state index contributed by atoms with van der Waals surface area (Å²) in [7, 11) is 1.62. The van der Waals surface area contributed by atoms with Crippen LogP contribution in [0.3, 0.4) is 0 Å². The number of methoxy groups -OCH3 is 1. The van der Waals surface area contributed by atoms with Gasteiger partial charge in [0, 0.05) is 54.4 Å². The third-order valence-corrected chi connectivity index (χ3v) is 7.54. The molecule has 2 fully saturated rings. The Morgan fingerprint density at radius 2 is 1.78 bits per heavy atom. The lowest BCUT2D eigenvalue weighted by atomic mass is 9.96. The molecule has 2 N–H and O–H groups in total. The molecule has 4 heterocycles. The Balaban J connectivity index is 1.17. The fourth-order valence-corrected chi connectivity index (χ4v) is 5.66. The van der Waals surface area contributed by atoms with Gasteiger partial charge in [0.15, 0.2) is 0 Å². The molecule has 192 valence electrons. The number of nitrogens with one attached hydrogen (secondary N) is 2. The van der Waals surface area contributed by atoms with Crippen LogP contribution in [0.4, 0.5) is 5.82 Å². The van der Waals surface area contributed by atoms with Crippen molar-refractivity contribution in [3.8, 4) is 5.75 Å². The highest BCUT2D eigenvalue weighted by Gasteiger charge is 2.42. The predicted molar refractivity (Wildman–Crippen MR) is 142 cm³/mol. The van der Waals surface area contributed by atoms with Crippen molar-refractivity contribution in [3.63, 3.8) is 0 Å². The number of fused-ring (bicyclic) bond motifs is 2. The first kappa shape index (κ1) is 24.7. The maximum atomic E-state index is 13.0. The Morgan fingerprint density at radius 1 is 1.03 bits per heavy atom. The minimum absolute atomic E-state index is 0.0494. The first-order chi connectivity index (χ1) is 18.0. The van der Waals surface area contributed by atoms with Crippen LogP contribution >= 0.6 is 0 Å². The third-order valence-electron chi connectivity index (χ3n) is 7.54. The zero-order valence-electron chi connectivity index (χ0n) is 21.3. The van der Waals surface area contributed by atoms with E-state index in [1.165, 1.54) is 0 Å². The van der Waals surface area contributed by atoms with E-state index in [0.29, 0.717) is 29.8 Å². The molecule has 8 heteroatoms. The maximum Gasteiger partial charge on any atom is 0.252 e. The second-order valence-corrected chi connectivity index (χ2v) is 9.83. The van der Waals surface area contributed by atoms with Crippen molar-refractivity contribution in [2.24, 2.45) is 0 Å². The van der Waals surface area contributed by atoms with Crippen molar-refractivity contribution in [2.75, 3.05) is 18.6 Å². The molecule has 1 aromatic carbocycles. The van der Waals surface area contributed by atoms with Crippen LogP contribution in [0.15, 0.2) is 61.1 Å². The fourth-order valence-electron chi connectivity index (χ4n) is 5.66. The van der Waals surface area contributed by atoms with Crippen LogP contribution in [0.1, 0.15) is 57.5 Å². The largest absolute Gasteiger partial charge is 0.496 e. The predicted octanol–water partition coefficient (Wildman–Crippen LogP) is 3.70. The molecule has 2 unspecified atom stereocenters. The fraction of sp³-hybridized carbons (Fsp3) is 0.379. The van der Waals surface area contributed by atoms with Crippen LogP contribution in [0.25, 0.3) is 0 Å². The van der Waals surface area contributed by atoms with E-state index >= 15 is 0 Å². The van der Waals surface area contributed by atoms with Gasteiger partial charge >= 0.3 is 0 Å². The minimum Gasteiger partial charge on any atom is -0.496 e. The number of ether oxygens (including phenoxy) is 1. The first-order valence-electron chi connectivity index (χ1n) is 12.9. The topological polar surface area (TPSA) is 96.5 Å². The van der Waals surface area contributed by atoms with Gasteiger partial charge in [-0.3, -0.25) is 14.6 Å². The van der Waals surface area contributed by atoms with Crippen molar-refractivity contribution >= 4 is 17.6 Å². The number of hydrogen-bond acceptors (Lipinski definition) is 6. The van der Waals surface area contributed by atoms with Gasteiger partial charge in [-0.25, -0.2) is 4.98 Å². The summed E-state index contributed by atoms with van der Waals surface area (Å²) in [5.74, 6) is 1.45. The van der Waals surface area contributed by atoms with Gasteiger partial charge in [-0.05, 0) is 81.0 Å². The Kier molecular flexibility index (Phi) is 7.35. The number of carbonyl (C=O) groups is 2. The molecule has 0 radical (unpaired) electrons. The van der Waals surface area contributed by atoms with Crippen molar-refractivity contribution in [1.82, 2.24) is 20.6 Å². The third kappa shape index (κ3) is 5.43. The number of rotatable bonds is 8. The Hall–Kier alpha value is -3.94. The lowest BCUT2D eigenvalue weighted by molar-refractivity contribution is 0.0924. The molecule has 2 bridgehead atoms. The van der Waals surface area contributed by atoms with E-state index in [2.05, 4.69) is 25.5 Å². The number of piperidine rings is 1. The zero-order valence-corrected chi connectivity index (χ0v) is 21.3. The summed E-state index contributed by atoms with van der Waals surface area (Å²) in [5.41, 5.74) is 3.21. The lowest BCUT2D eigenvalue weighted by Crippen LogP contribution is -2.50. The minimum atomic E-state index is -0.120. The first-order valence-corrected chi connectivity index (χ1v) is 12.9. The molecule has 2 aliphatic heterocycles. The summed E-state index contributed by atoms with van der Waals surface area (Å²) in [6.45, 7) is 2.47. The molecular formula is C29H33N5O3. The van der Waals surface area contributed by atoms with E-state index in [1.807, 2.05) is 49.4 Å². The highest BCUT2D eigenvalue weighted by molar-refractivity contribution is 5.96. The smallest absolute Gasteiger partial charge is 0.252 e. The van der Waals surface area contributed by atoms with E-state index in [1.54, 1.807) is 25.7 Å². The number of anilines is 1. The molecule has 2 aromatic heterocycles. The summed E-state index contributed by atoms with van der Waals surface area (Å²) in [4.78, 5) is 36.6. The number of benzene rings is 1. The van der Waals surface area contributed by atoms with Gasteiger partial charge in [0.25, 0.3) is 11.8 Å². The number of nitrogens with zero attached hydrogens (tertiary/aromatic N) is 3. The van der Waals surface area contributed by atoms with E-state index in [9.17, 15) is 9.59 Å². The average molecular weight is 500 g/mol. The molecule has 8 nitrogen and oxygen atoms in total. The SMILES string of the molecule is COc1cccc(C(=O)NC2CC3CCC(C2)N3c2ccc(C(=O)NCCc3ccncc3)cn2)c1C. The van der Waals surface area contributed by atoms with Crippen LogP contribution in [0.5, 0.6) is 5.75 Å². The lowest BCUT2D eigenvalue weighted by Gasteiger charge is -2.40. The molecule has 2 aliphatic rings. The van der Waals surface area contributed by atoms with Gasteiger partial charge in [-0.15, -0.1) is 0 Å². The number of hydrogen-bond donors (Lipinski definition) is 2. The molecule has 0 saturated carbocycles. The van der Waals surface area contributed by atoms with Gasteiger partial charge in [0.1, 0.15) is 11.6 Å². The Bertz CT molecular complexity index is 1230. The highest BCUT2D eigenvalue weighted by Crippen LogP contribution is 2.38. The van der Waals surface area contributed by atoms with Gasteiger partial charge in [0.2, 0.25) is 0 Å². The number of pyridine rings is 2. The molecule has 2 atom stereocenters. The van der Waals surface area contributed by atoms with Gasteiger partial charge in [-0.1, -0.05) is 6.07 Å². The molecular weight excluding hydrogens is 466 g/mol. The molecule has 5 rings (SSSR count). The quantitative estimate of drug-likeness (QED) is 0.491. The number of carbonyl (C=O) groups excluding carboxylic acids is 2. The standard InChI is InChI=1S/C29H33N5O3/c1-19-25(4-3-5-26(19)37-2)29(36)33-22-16-23-7-8-24(17-22)34(23)27-9-6-21(18-32-27)28(35)31-15-12-20-10-13-30-14-11-20/h3-6,9-11,13-14,18,22-24H,7-8,12,15-17H2,1-2H3,(H,31,35)(H,33,36). The number of aromatic nitrogens is 2. The zero-order chi connectivity index (χ0) is 25.8. The molecule has 2 amide bonds. The van der Waals surface area contributed by atoms with E-state index in [-0.39, 0.29) is 17.9 Å². The summed E-state index contributed by atoms with van der Waals surface area (Å²) in [5, 5.41) is 6.22. The normalized spacial score (nSPS) is 20.4. The van der Waals surface area contributed by atoms with Gasteiger partial charge < -0.3 is 20.3 Å². The van der Waals surface area contributed by atoms with Crippen molar-refractivity contribution in [2.45, 2.75) is 57.2 Å². The van der Waals surface area contributed by atoms with Crippen LogP contribution in [-0.4, -0.2) is 53.6 Å².